The number of ketones is 1. The number of carbonyl (C=O) groups is 2. The van der Waals surface area contributed by atoms with Gasteiger partial charge in [0.1, 0.15) is 11.5 Å². The van der Waals surface area contributed by atoms with Crippen LogP contribution in [0.3, 0.4) is 0 Å². The number of furan rings is 1. The largest absolute Gasteiger partial charge is 0.507 e. The zero-order valence-corrected chi connectivity index (χ0v) is 21.7. The average Bonchev–Trinajstić information content (AvgIpc) is 3.50. The van der Waals surface area contributed by atoms with E-state index in [1.807, 2.05) is 0 Å². The van der Waals surface area contributed by atoms with Gasteiger partial charge in [0.05, 0.1) is 45.2 Å². The fourth-order valence-electron chi connectivity index (χ4n) is 4.31. The van der Waals surface area contributed by atoms with Crippen LogP contribution in [0.15, 0.2) is 64.8 Å². The fraction of sp³-hybridized carbons (Fsp3) is 0.310. The van der Waals surface area contributed by atoms with Crippen molar-refractivity contribution in [2.45, 2.75) is 32.9 Å². The van der Waals surface area contributed by atoms with Gasteiger partial charge >= 0.3 is 0 Å². The van der Waals surface area contributed by atoms with Crippen molar-refractivity contribution in [2.24, 2.45) is 5.92 Å². The number of aliphatic hydroxyl groups is 1. The Labute approximate surface area is 220 Å². The predicted molar refractivity (Wildman–Crippen MR) is 137 cm³/mol. The Morgan fingerprint density at radius 3 is 2.42 bits per heavy atom. The maximum atomic E-state index is 14.5. The Morgan fingerprint density at radius 2 is 1.79 bits per heavy atom. The SMILES string of the molecule is COc1ccc(C(O)=C2C(=O)C(=O)N(Cc3ccco3)C2c2ccc(OCCC(C)C)c(OC)c2)cc1F. The summed E-state index contributed by atoms with van der Waals surface area (Å²) in [5.41, 5.74) is 0.353. The number of hydrogen-bond donors (Lipinski definition) is 1. The molecule has 38 heavy (non-hydrogen) atoms. The number of ether oxygens (including phenoxy) is 3. The second-order valence-corrected chi connectivity index (χ2v) is 9.30. The minimum Gasteiger partial charge on any atom is -0.507 e. The molecule has 0 saturated carbocycles. The van der Waals surface area contributed by atoms with Crippen molar-refractivity contribution in [1.82, 2.24) is 4.90 Å². The Bertz CT molecular complexity index is 1350. The smallest absolute Gasteiger partial charge is 0.296 e. The highest BCUT2D eigenvalue weighted by Gasteiger charge is 2.46. The molecule has 1 aliphatic rings. The first-order valence-corrected chi connectivity index (χ1v) is 12.2. The average molecular weight is 524 g/mol. The Morgan fingerprint density at radius 1 is 1.05 bits per heavy atom. The van der Waals surface area contributed by atoms with Crippen LogP contribution in [0.4, 0.5) is 4.39 Å². The van der Waals surface area contributed by atoms with Crippen molar-refractivity contribution >= 4 is 17.4 Å². The number of hydrogen-bond acceptors (Lipinski definition) is 7. The lowest BCUT2D eigenvalue weighted by Gasteiger charge is -2.25. The zero-order chi connectivity index (χ0) is 27.4. The lowest BCUT2D eigenvalue weighted by Crippen LogP contribution is -2.29. The van der Waals surface area contributed by atoms with Gasteiger partial charge in [0.25, 0.3) is 11.7 Å². The number of halogens is 1. The van der Waals surface area contributed by atoms with E-state index in [0.717, 1.165) is 12.5 Å². The summed E-state index contributed by atoms with van der Waals surface area (Å²) in [5.74, 6) is -1.13. The van der Waals surface area contributed by atoms with E-state index in [1.54, 1.807) is 30.3 Å². The van der Waals surface area contributed by atoms with Gasteiger partial charge in [-0.15, -0.1) is 0 Å². The number of aliphatic hydroxyl groups excluding tert-OH is 1. The molecule has 200 valence electrons. The molecule has 0 aliphatic carbocycles. The number of methoxy groups -OCH3 is 2. The number of rotatable bonds is 10. The van der Waals surface area contributed by atoms with Crippen LogP contribution in [-0.4, -0.2) is 42.5 Å². The van der Waals surface area contributed by atoms with Gasteiger partial charge < -0.3 is 28.6 Å². The van der Waals surface area contributed by atoms with Crippen molar-refractivity contribution in [3.8, 4) is 17.2 Å². The summed E-state index contributed by atoms with van der Waals surface area (Å²) >= 11 is 0. The van der Waals surface area contributed by atoms with Gasteiger partial charge in [-0.05, 0) is 60.4 Å². The molecule has 2 aromatic carbocycles. The number of Topliss-reactive ketones (excluding diaryl/α,β-unsaturated/α-hetero) is 1. The highest BCUT2D eigenvalue weighted by molar-refractivity contribution is 6.46. The maximum absolute atomic E-state index is 14.5. The molecule has 1 unspecified atom stereocenters. The maximum Gasteiger partial charge on any atom is 0.296 e. The van der Waals surface area contributed by atoms with E-state index in [0.29, 0.717) is 35.3 Å². The normalized spacial score (nSPS) is 16.8. The summed E-state index contributed by atoms with van der Waals surface area (Å²) in [6, 6.07) is 11.2. The molecule has 0 spiro atoms. The monoisotopic (exact) mass is 523 g/mol. The molecule has 0 bridgehead atoms. The molecule has 0 radical (unpaired) electrons. The number of likely N-dealkylation sites (tertiary alicyclic amines) is 1. The summed E-state index contributed by atoms with van der Waals surface area (Å²) in [7, 11) is 2.82. The van der Waals surface area contributed by atoms with Crippen molar-refractivity contribution in [3.63, 3.8) is 0 Å². The highest BCUT2D eigenvalue weighted by atomic mass is 19.1. The second kappa shape index (κ2) is 11.4. The third kappa shape index (κ3) is 5.37. The Balaban J connectivity index is 1.81. The summed E-state index contributed by atoms with van der Waals surface area (Å²) in [6.07, 6.45) is 2.32. The van der Waals surface area contributed by atoms with Crippen LogP contribution in [0, 0.1) is 11.7 Å². The minimum absolute atomic E-state index is 0.0193. The summed E-state index contributed by atoms with van der Waals surface area (Å²) in [5, 5.41) is 11.2. The minimum atomic E-state index is -0.996. The molecule has 1 fully saturated rings. The van der Waals surface area contributed by atoms with Gasteiger partial charge in [-0.3, -0.25) is 9.59 Å². The van der Waals surface area contributed by atoms with E-state index >= 15 is 0 Å². The fourth-order valence-corrected chi connectivity index (χ4v) is 4.31. The molecule has 1 amide bonds. The molecule has 1 aliphatic heterocycles. The van der Waals surface area contributed by atoms with Gasteiger partial charge in [-0.2, -0.15) is 0 Å². The first-order valence-electron chi connectivity index (χ1n) is 12.2. The molecular weight excluding hydrogens is 493 g/mol. The molecule has 1 N–H and O–H groups in total. The van der Waals surface area contributed by atoms with Crippen LogP contribution in [-0.2, 0) is 16.1 Å². The standard InChI is InChI=1S/C29H30FNO7/c1-17(2)11-13-38-23-10-7-18(15-24(23)36-4)26-25(27(32)19-8-9-22(35-3)21(30)14-19)28(33)29(34)31(26)16-20-6-5-12-37-20/h5-10,12,14-15,17,26,32H,11,13,16H2,1-4H3. The lowest BCUT2D eigenvalue weighted by atomic mass is 9.95. The van der Waals surface area contributed by atoms with Crippen LogP contribution in [0.2, 0.25) is 0 Å². The highest BCUT2D eigenvalue weighted by Crippen LogP contribution is 2.43. The lowest BCUT2D eigenvalue weighted by molar-refractivity contribution is -0.140. The van der Waals surface area contributed by atoms with Crippen LogP contribution in [0.5, 0.6) is 17.2 Å². The Kier molecular flexibility index (Phi) is 8.05. The molecule has 8 nitrogen and oxygen atoms in total. The molecule has 2 heterocycles. The first kappa shape index (κ1) is 26.8. The van der Waals surface area contributed by atoms with E-state index in [2.05, 4.69) is 13.8 Å². The van der Waals surface area contributed by atoms with Crippen LogP contribution in [0.1, 0.15) is 43.2 Å². The third-order valence-corrected chi connectivity index (χ3v) is 6.33. The zero-order valence-electron chi connectivity index (χ0n) is 21.7. The van der Waals surface area contributed by atoms with Crippen molar-refractivity contribution in [3.05, 3.63) is 83.1 Å². The predicted octanol–water partition coefficient (Wildman–Crippen LogP) is 5.48. The third-order valence-electron chi connectivity index (χ3n) is 6.33. The molecule has 1 aromatic heterocycles. The van der Waals surface area contributed by atoms with E-state index in [4.69, 9.17) is 18.6 Å². The molecule has 9 heteroatoms. The topological polar surface area (TPSA) is 98.4 Å². The number of amides is 1. The van der Waals surface area contributed by atoms with Crippen molar-refractivity contribution in [1.29, 1.82) is 0 Å². The molecule has 3 aromatic rings. The van der Waals surface area contributed by atoms with Gasteiger partial charge in [-0.25, -0.2) is 4.39 Å². The van der Waals surface area contributed by atoms with E-state index < -0.39 is 29.3 Å². The van der Waals surface area contributed by atoms with E-state index in [-0.39, 0.29) is 23.4 Å². The molecule has 4 rings (SSSR count). The van der Waals surface area contributed by atoms with Gasteiger partial charge in [0.2, 0.25) is 0 Å². The number of nitrogens with zero attached hydrogens (tertiary/aromatic N) is 1. The molecule has 1 saturated heterocycles. The second-order valence-electron chi connectivity index (χ2n) is 9.30. The van der Waals surface area contributed by atoms with Crippen LogP contribution >= 0.6 is 0 Å². The van der Waals surface area contributed by atoms with Crippen LogP contribution < -0.4 is 14.2 Å². The van der Waals surface area contributed by atoms with Gasteiger partial charge in [0.15, 0.2) is 23.1 Å². The summed E-state index contributed by atoms with van der Waals surface area (Å²) in [6.45, 7) is 4.67. The molecule has 1 atom stereocenters. The van der Waals surface area contributed by atoms with Crippen molar-refractivity contribution in [2.75, 3.05) is 20.8 Å². The summed E-state index contributed by atoms with van der Waals surface area (Å²) < 4.78 is 36.3. The van der Waals surface area contributed by atoms with Gasteiger partial charge in [0, 0.05) is 5.56 Å². The Hall–Kier alpha value is -4.27. The quantitative estimate of drug-likeness (QED) is 0.213. The van der Waals surface area contributed by atoms with E-state index in [1.165, 1.54) is 37.5 Å². The van der Waals surface area contributed by atoms with Crippen LogP contribution in [0.25, 0.3) is 5.76 Å². The van der Waals surface area contributed by atoms with Gasteiger partial charge in [-0.1, -0.05) is 19.9 Å². The number of benzene rings is 2. The summed E-state index contributed by atoms with van der Waals surface area (Å²) in [4.78, 5) is 27.8. The first-order chi connectivity index (χ1) is 18.2. The molecular formula is C29H30FNO7. The number of carbonyl (C=O) groups excluding carboxylic acids is 2. The van der Waals surface area contributed by atoms with Crippen molar-refractivity contribution < 1.29 is 37.7 Å². The van der Waals surface area contributed by atoms with E-state index in [9.17, 15) is 19.1 Å².